The van der Waals surface area contributed by atoms with Gasteiger partial charge in [0.1, 0.15) is 0 Å². The predicted molar refractivity (Wildman–Crippen MR) is 119 cm³/mol. The number of carbonyl (C=O) groups excluding carboxylic acids is 1. The predicted octanol–water partition coefficient (Wildman–Crippen LogP) is 3.07. The molecule has 1 saturated carbocycles. The molecule has 0 spiro atoms. The lowest BCUT2D eigenvalue weighted by atomic mass is 10.1. The van der Waals surface area contributed by atoms with Gasteiger partial charge in [-0.3, -0.25) is 4.79 Å². The largest absolute Gasteiger partial charge is 0.351 e. The summed E-state index contributed by atoms with van der Waals surface area (Å²) < 4.78 is 29.6. The normalized spacial score (nSPS) is 13.9. The fourth-order valence-electron chi connectivity index (χ4n) is 3.59. The van der Waals surface area contributed by atoms with Crippen molar-refractivity contribution in [3.8, 4) is 5.69 Å². The highest BCUT2D eigenvalue weighted by Gasteiger charge is 2.32. The summed E-state index contributed by atoms with van der Waals surface area (Å²) in [5.41, 5.74) is 3.94. The van der Waals surface area contributed by atoms with Crippen molar-refractivity contribution in [1.82, 2.24) is 19.8 Å². The highest BCUT2D eigenvalue weighted by Crippen LogP contribution is 2.42. The van der Waals surface area contributed by atoms with Gasteiger partial charge in [0.2, 0.25) is 10.0 Å². The van der Waals surface area contributed by atoms with E-state index < -0.39 is 10.0 Å². The summed E-state index contributed by atoms with van der Waals surface area (Å²) in [6.07, 6.45) is 3.67. The maximum atomic E-state index is 12.8. The Bertz CT molecular complexity index is 1200. The van der Waals surface area contributed by atoms with Gasteiger partial charge >= 0.3 is 0 Å². The van der Waals surface area contributed by atoms with Crippen molar-refractivity contribution in [1.29, 1.82) is 0 Å². The SMILES string of the molecule is Cc1ccc(C)c(S(=O)(=O)NCCNC(=O)c2cnn(-c3ccccc3)c2C2CC2)c1. The van der Waals surface area contributed by atoms with Gasteiger partial charge < -0.3 is 5.32 Å². The van der Waals surface area contributed by atoms with Crippen LogP contribution in [0.5, 0.6) is 0 Å². The minimum atomic E-state index is -3.64. The zero-order valence-corrected chi connectivity index (χ0v) is 18.4. The second-order valence-electron chi connectivity index (χ2n) is 7.89. The summed E-state index contributed by atoms with van der Waals surface area (Å²) in [5, 5.41) is 7.26. The van der Waals surface area contributed by atoms with Crippen LogP contribution in [0.4, 0.5) is 0 Å². The second-order valence-corrected chi connectivity index (χ2v) is 9.62. The lowest BCUT2D eigenvalue weighted by molar-refractivity contribution is 0.0953. The highest BCUT2D eigenvalue weighted by molar-refractivity contribution is 7.89. The summed E-state index contributed by atoms with van der Waals surface area (Å²) >= 11 is 0. The molecule has 0 unspecified atom stereocenters. The van der Waals surface area contributed by atoms with Crippen molar-refractivity contribution in [2.24, 2.45) is 0 Å². The molecular formula is C23H26N4O3S. The number of benzene rings is 2. The molecule has 1 amide bonds. The molecule has 2 aromatic carbocycles. The third-order valence-corrected chi connectivity index (χ3v) is 6.95. The molecule has 3 aromatic rings. The van der Waals surface area contributed by atoms with Gasteiger partial charge in [-0.1, -0.05) is 30.3 Å². The Morgan fingerprint density at radius 2 is 1.84 bits per heavy atom. The number of rotatable bonds is 8. The number of para-hydroxylation sites is 1. The average molecular weight is 439 g/mol. The number of amides is 1. The van der Waals surface area contributed by atoms with E-state index in [0.29, 0.717) is 17.0 Å². The molecule has 0 aliphatic heterocycles. The number of sulfonamides is 1. The number of hydrogen-bond acceptors (Lipinski definition) is 4. The molecule has 4 rings (SSSR count). The van der Waals surface area contributed by atoms with Crippen molar-refractivity contribution in [2.45, 2.75) is 37.5 Å². The van der Waals surface area contributed by atoms with E-state index in [1.54, 1.807) is 25.3 Å². The molecule has 8 heteroatoms. The van der Waals surface area contributed by atoms with Crippen LogP contribution in [0.15, 0.2) is 59.6 Å². The third kappa shape index (κ3) is 4.70. The maximum absolute atomic E-state index is 12.8. The number of aromatic nitrogens is 2. The average Bonchev–Trinajstić information content (AvgIpc) is 3.51. The van der Waals surface area contributed by atoms with E-state index >= 15 is 0 Å². The van der Waals surface area contributed by atoms with Gasteiger partial charge in [-0.25, -0.2) is 17.8 Å². The molecule has 7 nitrogen and oxygen atoms in total. The van der Waals surface area contributed by atoms with E-state index in [-0.39, 0.29) is 23.9 Å². The number of nitrogens with zero attached hydrogens (tertiary/aromatic N) is 2. The van der Waals surface area contributed by atoms with Crippen LogP contribution in [-0.4, -0.2) is 37.2 Å². The molecule has 1 aliphatic rings. The molecule has 162 valence electrons. The van der Waals surface area contributed by atoms with Crippen LogP contribution < -0.4 is 10.0 Å². The molecule has 0 bridgehead atoms. The molecule has 1 aliphatic carbocycles. The van der Waals surface area contributed by atoms with Gasteiger partial charge in [0.05, 0.1) is 28.0 Å². The summed E-state index contributed by atoms with van der Waals surface area (Å²) in [6.45, 7) is 3.90. The van der Waals surface area contributed by atoms with E-state index in [9.17, 15) is 13.2 Å². The molecule has 1 aromatic heterocycles. The fraction of sp³-hybridized carbons (Fsp3) is 0.304. The van der Waals surface area contributed by atoms with E-state index in [1.807, 2.05) is 48.0 Å². The van der Waals surface area contributed by atoms with Gasteiger partial charge in [0, 0.05) is 19.0 Å². The zero-order chi connectivity index (χ0) is 22.0. The summed E-state index contributed by atoms with van der Waals surface area (Å²) in [7, 11) is -3.64. The lowest BCUT2D eigenvalue weighted by Crippen LogP contribution is -2.35. The van der Waals surface area contributed by atoms with E-state index in [4.69, 9.17) is 0 Å². The number of nitrogens with one attached hydrogen (secondary N) is 2. The molecule has 0 radical (unpaired) electrons. The number of carbonyl (C=O) groups is 1. The molecule has 2 N–H and O–H groups in total. The van der Waals surface area contributed by atoms with Crippen LogP contribution in [-0.2, 0) is 10.0 Å². The fourth-order valence-corrected chi connectivity index (χ4v) is 4.95. The van der Waals surface area contributed by atoms with Crippen molar-refractivity contribution in [3.63, 3.8) is 0 Å². The Morgan fingerprint density at radius 1 is 1.10 bits per heavy atom. The van der Waals surface area contributed by atoms with E-state index in [0.717, 1.165) is 29.8 Å². The molecule has 31 heavy (non-hydrogen) atoms. The van der Waals surface area contributed by atoms with Gasteiger partial charge in [-0.15, -0.1) is 0 Å². The molecule has 0 atom stereocenters. The van der Waals surface area contributed by atoms with Gasteiger partial charge in [0.15, 0.2) is 0 Å². The van der Waals surface area contributed by atoms with Crippen LogP contribution >= 0.6 is 0 Å². The molecule has 0 saturated heterocycles. The van der Waals surface area contributed by atoms with Gasteiger partial charge in [-0.2, -0.15) is 5.10 Å². The van der Waals surface area contributed by atoms with Crippen LogP contribution in [0.1, 0.15) is 45.9 Å². The van der Waals surface area contributed by atoms with Crippen molar-refractivity contribution in [3.05, 3.63) is 77.1 Å². The minimum absolute atomic E-state index is 0.104. The topological polar surface area (TPSA) is 93.1 Å². The Morgan fingerprint density at radius 3 is 2.55 bits per heavy atom. The summed E-state index contributed by atoms with van der Waals surface area (Å²) in [4.78, 5) is 13.1. The van der Waals surface area contributed by atoms with Gasteiger partial charge in [-0.05, 0) is 56.0 Å². The Labute approximate surface area is 182 Å². The lowest BCUT2D eigenvalue weighted by Gasteiger charge is -2.11. The monoisotopic (exact) mass is 438 g/mol. The minimum Gasteiger partial charge on any atom is -0.351 e. The number of hydrogen-bond donors (Lipinski definition) is 2. The highest BCUT2D eigenvalue weighted by atomic mass is 32.2. The standard InChI is InChI=1S/C23H26N4O3S/c1-16-8-9-17(2)21(14-16)31(29,30)26-13-12-24-23(28)20-15-25-27(22(20)18-10-11-18)19-6-4-3-5-7-19/h3-9,14-15,18,26H,10-13H2,1-2H3,(H,24,28). The Hall–Kier alpha value is -2.97. The summed E-state index contributed by atoms with van der Waals surface area (Å²) in [6, 6.07) is 15.1. The first-order valence-electron chi connectivity index (χ1n) is 10.4. The van der Waals surface area contributed by atoms with Crippen LogP contribution in [0.25, 0.3) is 5.69 Å². The first-order valence-corrected chi connectivity index (χ1v) is 11.8. The quantitative estimate of drug-likeness (QED) is 0.529. The van der Waals surface area contributed by atoms with Crippen LogP contribution in [0.2, 0.25) is 0 Å². The number of aryl methyl sites for hydroxylation is 2. The Balaban J connectivity index is 1.41. The first-order chi connectivity index (χ1) is 14.9. The van der Waals surface area contributed by atoms with Crippen LogP contribution in [0, 0.1) is 13.8 Å². The van der Waals surface area contributed by atoms with Crippen LogP contribution in [0.3, 0.4) is 0 Å². The summed E-state index contributed by atoms with van der Waals surface area (Å²) in [5.74, 6) is 0.0845. The molecule has 1 heterocycles. The van der Waals surface area contributed by atoms with Crippen molar-refractivity contribution in [2.75, 3.05) is 13.1 Å². The van der Waals surface area contributed by atoms with Crippen molar-refractivity contribution < 1.29 is 13.2 Å². The van der Waals surface area contributed by atoms with E-state index in [2.05, 4.69) is 15.1 Å². The smallest absolute Gasteiger partial charge is 0.254 e. The molecule has 1 fully saturated rings. The van der Waals surface area contributed by atoms with E-state index in [1.165, 1.54) is 0 Å². The first kappa shape index (κ1) is 21.3. The Kier molecular flexibility index (Phi) is 5.93. The molecular weight excluding hydrogens is 412 g/mol. The maximum Gasteiger partial charge on any atom is 0.254 e. The third-order valence-electron chi connectivity index (χ3n) is 5.35. The zero-order valence-electron chi connectivity index (χ0n) is 17.6. The van der Waals surface area contributed by atoms with Crippen molar-refractivity contribution >= 4 is 15.9 Å². The van der Waals surface area contributed by atoms with Gasteiger partial charge in [0.25, 0.3) is 5.91 Å². The second kappa shape index (κ2) is 8.64.